The fraction of sp³-hybridized carbons (Fsp3) is 0.789. The van der Waals surface area contributed by atoms with Gasteiger partial charge < -0.3 is 13.9 Å². The summed E-state index contributed by atoms with van der Waals surface area (Å²) in [5.41, 5.74) is 0. The molecule has 0 unspecified atom stereocenters. The van der Waals surface area contributed by atoms with Crippen LogP contribution in [0.1, 0.15) is 53.9 Å². The van der Waals surface area contributed by atoms with Crippen LogP contribution in [-0.4, -0.2) is 34.4 Å². The Morgan fingerprint density at radius 2 is 1.74 bits per heavy atom. The average molecular weight is 343 g/mol. The molecule has 2 atom stereocenters. The van der Waals surface area contributed by atoms with Crippen molar-refractivity contribution in [2.24, 2.45) is 0 Å². The predicted molar refractivity (Wildman–Crippen MR) is 102 cm³/mol. The summed E-state index contributed by atoms with van der Waals surface area (Å²) >= 11 is 0. The van der Waals surface area contributed by atoms with Crippen LogP contribution in [0.15, 0.2) is 24.3 Å². The van der Waals surface area contributed by atoms with E-state index in [4.69, 9.17) is 13.9 Å². The van der Waals surface area contributed by atoms with Gasteiger partial charge in [0.1, 0.15) is 6.79 Å². The SMILES string of the molecule is CC/C=C\C=C\[C@@H](CC[C@@H](C)O[Si](C)(C)C(C)(C)C)OCOC. The summed E-state index contributed by atoms with van der Waals surface area (Å²) in [4.78, 5) is 0. The molecule has 3 nitrogen and oxygen atoms in total. The van der Waals surface area contributed by atoms with Crippen LogP contribution in [0.3, 0.4) is 0 Å². The van der Waals surface area contributed by atoms with Crippen LogP contribution < -0.4 is 0 Å². The van der Waals surface area contributed by atoms with Gasteiger partial charge in [-0.05, 0) is 44.3 Å². The topological polar surface area (TPSA) is 27.7 Å². The highest BCUT2D eigenvalue weighted by Gasteiger charge is 2.38. The van der Waals surface area contributed by atoms with Crippen molar-refractivity contribution < 1.29 is 13.9 Å². The number of allylic oxidation sites excluding steroid dienone is 3. The number of hydrogen-bond donors (Lipinski definition) is 0. The van der Waals surface area contributed by atoms with Gasteiger partial charge >= 0.3 is 0 Å². The first-order valence-corrected chi connectivity index (χ1v) is 11.7. The van der Waals surface area contributed by atoms with Crippen molar-refractivity contribution in [3.05, 3.63) is 24.3 Å². The molecule has 0 fully saturated rings. The van der Waals surface area contributed by atoms with Gasteiger partial charge in [-0.25, -0.2) is 0 Å². The Kier molecular flexibility index (Phi) is 11.0. The fourth-order valence-corrected chi connectivity index (χ4v) is 3.41. The van der Waals surface area contributed by atoms with Crippen LogP contribution >= 0.6 is 0 Å². The zero-order chi connectivity index (χ0) is 17.9. The molecule has 0 aromatic carbocycles. The Hall–Kier alpha value is -0.423. The van der Waals surface area contributed by atoms with Gasteiger partial charge in [0, 0.05) is 13.2 Å². The third-order valence-corrected chi connectivity index (χ3v) is 8.97. The summed E-state index contributed by atoms with van der Waals surface area (Å²) in [5, 5.41) is 0.248. The average Bonchev–Trinajstić information content (AvgIpc) is 2.43. The number of hydrogen-bond acceptors (Lipinski definition) is 3. The second-order valence-electron chi connectivity index (χ2n) is 7.60. The van der Waals surface area contributed by atoms with Gasteiger partial charge in [0.05, 0.1) is 6.10 Å². The third-order valence-electron chi connectivity index (χ3n) is 4.37. The first-order chi connectivity index (χ1) is 10.6. The molecule has 0 bridgehead atoms. The van der Waals surface area contributed by atoms with Crippen molar-refractivity contribution in [3.63, 3.8) is 0 Å². The van der Waals surface area contributed by atoms with E-state index in [9.17, 15) is 0 Å². The fourth-order valence-electron chi connectivity index (χ4n) is 1.93. The Labute approximate surface area is 145 Å². The van der Waals surface area contributed by atoms with Gasteiger partial charge in [-0.15, -0.1) is 0 Å². The number of methoxy groups -OCH3 is 1. The standard InChI is InChI=1S/C19H38O3Si/c1-9-10-11-12-13-18(21-16-20-6)15-14-17(2)22-23(7,8)19(3,4)5/h10-13,17-18H,9,14-16H2,1-8H3/b11-10-,13-12+/t17-,18+/m1/s1. The molecule has 0 aromatic heterocycles. The lowest BCUT2D eigenvalue weighted by molar-refractivity contribution is -0.0597. The van der Waals surface area contributed by atoms with E-state index in [1.807, 2.05) is 0 Å². The van der Waals surface area contributed by atoms with E-state index in [1.54, 1.807) is 7.11 Å². The van der Waals surface area contributed by atoms with E-state index in [0.29, 0.717) is 6.79 Å². The Morgan fingerprint density at radius 3 is 2.26 bits per heavy atom. The summed E-state index contributed by atoms with van der Waals surface area (Å²) in [6.45, 7) is 16.1. The predicted octanol–water partition coefficient (Wildman–Crippen LogP) is 5.69. The first-order valence-electron chi connectivity index (χ1n) is 8.75. The maximum Gasteiger partial charge on any atom is 0.192 e. The normalized spacial score (nSPS) is 16.3. The van der Waals surface area contributed by atoms with Crippen LogP contribution in [0, 0.1) is 0 Å². The zero-order valence-corrected chi connectivity index (χ0v) is 17.5. The van der Waals surface area contributed by atoms with Gasteiger partial charge in [0.15, 0.2) is 8.32 Å². The molecule has 0 N–H and O–H groups in total. The molecule has 0 aliphatic rings. The lowest BCUT2D eigenvalue weighted by Gasteiger charge is -2.38. The van der Waals surface area contributed by atoms with Crippen molar-refractivity contribution in [1.29, 1.82) is 0 Å². The van der Waals surface area contributed by atoms with E-state index < -0.39 is 8.32 Å². The Balaban J connectivity index is 4.47. The van der Waals surface area contributed by atoms with Crippen LogP contribution in [0.4, 0.5) is 0 Å². The highest BCUT2D eigenvalue weighted by molar-refractivity contribution is 6.74. The molecule has 0 radical (unpaired) electrons. The number of ether oxygens (including phenoxy) is 2. The van der Waals surface area contributed by atoms with E-state index in [0.717, 1.165) is 19.3 Å². The van der Waals surface area contributed by atoms with Gasteiger partial charge in [-0.3, -0.25) is 0 Å². The minimum absolute atomic E-state index is 0.0712. The highest BCUT2D eigenvalue weighted by atomic mass is 28.4. The maximum absolute atomic E-state index is 6.41. The van der Waals surface area contributed by atoms with Crippen LogP contribution in [0.2, 0.25) is 18.1 Å². The van der Waals surface area contributed by atoms with Crippen molar-refractivity contribution in [2.45, 2.75) is 84.2 Å². The van der Waals surface area contributed by atoms with Gasteiger partial charge in [0.2, 0.25) is 0 Å². The molecule has 0 spiro atoms. The summed E-state index contributed by atoms with van der Waals surface area (Å²) in [7, 11) is -0.0425. The Bertz CT molecular complexity index is 356. The van der Waals surface area contributed by atoms with Crippen LogP contribution in [0.5, 0.6) is 0 Å². The van der Waals surface area contributed by atoms with Crippen molar-refractivity contribution in [3.8, 4) is 0 Å². The molecular weight excluding hydrogens is 304 g/mol. The Morgan fingerprint density at radius 1 is 1.09 bits per heavy atom. The van der Waals surface area contributed by atoms with Gasteiger partial charge in [-0.1, -0.05) is 52.0 Å². The summed E-state index contributed by atoms with van der Waals surface area (Å²) in [6.07, 6.45) is 11.7. The molecule has 0 aromatic rings. The third kappa shape index (κ3) is 10.1. The van der Waals surface area contributed by atoms with Crippen LogP contribution in [0.25, 0.3) is 0 Å². The second kappa shape index (κ2) is 11.2. The van der Waals surface area contributed by atoms with E-state index in [-0.39, 0.29) is 17.2 Å². The summed E-state index contributed by atoms with van der Waals surface area (Å²) in [5.74, 6) is 0. The number of rotatable bonds is 11. The van der Waals surface area contributed by atoms with Crippen LogP contribution in [-0.2, 0) is 13.9 Å². The van der Waals surface area contributed by atoms with Crippen molar-refractivity contribution in [1.82, 2.24) is 0 Å². The molecule has 0 amide bonds. The highest BCUT2D eigenvalue weighted by Crippen LogP contribution is 2.37. The van der Waals surface area contributed by atoms with Gasteiger partial charge in [0.25, 0.3) is 0 Å². The minimum atomic E-state index is -1.70. The van der Waals surface area contributed by atoms with E-state index >= 15 is 0 Å². The summed E-state index contributed by atoms with van der Waals surface area (Å²) in [6, 6.07) is 0. The second-order valence-corrected chi connectivity index (χ2v) is 12.4. The van der Waals surface area contributed by atoms with E-state index in [2.05, 4.69) is 72.0 Å². The molecule has 0 aliphatic heterocycles. The molecule has 0 saturated heterocycles. The van der Waals surface area contributed by atoms with E-state index in [1.165, 1.54) is 0 Å². The molecule has 0 heterocycles. The molecule has 0 aliphatic carbocycles. The maximum atomic E-state index is 6.41. The monoisotopic (exact) mass is 342 g/mol. The van der Waals surface area contributed by atoms with Gasteiger partial charge in [-0.2, -0.15) is 0 Å². The quantitative estimate of drug-likeness (QED) is 0.274. The molecule has 0 saturated carbocycles. The van der Waals surface area contributed by atoms with Crippen molar-refractivity contribution in [2.75, 3.05) is 13.9 Å². The molecule has 4 heteroatoms. The lowest BCUT2D eigenvalue weighted by Crippen LogP contribution is -2.43. The van der Waals surface area contributed by atoms with Crippen molar-refractivity contribution >= 4 is 8.32 Å². The largest absolute Gasteiger partial charge is 0.414 e. The molecular formula is C19H38O3Si. The minimum Gasteiger partial charge on any atom is -0.414 e. The molecule has 0 rings (SSSR count). The smallest absolute Gasteiger partial charge is 0.192 e. The first kappa shape index (κ1) is 22.6. The molecule has 23 heavy (non-hydrogen) atoms. The zero-order valence-electron chi connectivity index (χ0n) is 16.5. The summed E-state index contributed by atoms with van der Waals surface area (Å²) < 4.78 is 17.2. The molecule has 136 valence electrons. The lowest BCUT2D eigenvalue weighted by atomic mass is 10.1.